The zero-order valence-electron chi connectivity index (χ0n) is 9.62. The summed E-state index contributed by atoms with van der Waals surface area (Å²) in [6.07, 6.45) is 3.37. The smallest absolute Gasteiger partial charge is 0.276 e. The molecule has 0 aromatic carbocycles. The first-order chi connectivity index (χ1) is 8.26. The Balaban J connectivity index is 2.07. The lowest BCUT2D eigenvalue weighted by Crippen LogP contribution is -2.37. The van der Waals surface area contributed by atoms with E-state index in [1.807, 2.05) is 0 Å². The van der Waals surface area contributed by atoms with Crippen molar-refractivity contribution in [1.29, 1.82) is 0 Å². The van der Waals surface area contributed by atoms with Crippen LogP contribution in [0, 0.1) is 0 Å². The third kappa shape index (κ3) is 2.45. The Hall–Kier alpha value is -1.47. The van der Waals surface area contributed by atoms with Crippen molar-refractivity contribution in [3.8, 4) is 0 Å². The molecule has 1 aliphatic rings. The van der Waals surface area contributed by atoms with Crippen LogP contribution in [0.25, 0.3) is 0 Å². The van der Waals surface area contributed by atoms with E-state index in [9.17, 15) is 9.90 Å². The highest BCUT2D eigenvalue weighted by molar-refractivity contribution is 5.92. The number of rotatable bonds is 4. The second kappa shape index (κ2) is 5.24. The lowest BCUT2D eigenvalue weighted by atomic mass is 10.2. The maximum Gasteiger partial charge on any atom is 0.276 e. The standard InChI is InChI=1S/C10H17N5O2/c11-3-5-14-6-9(12-13-14)10(17)15-4-1-2-8(15)7-16/h6,8,16H,1-5,7,11H2/t8-/m1/s1. The number of nitrogens with zero attached hydrogens (tertiary/aromatic N) is 4. The summed E-state index contributed by atoms with van der Waals surface area (Å²) in [5, 5.41) is 16.8. The topological polar surface area (TPSA) is 97.3 Å². The van der Waals surface area contributed by atoms with E-state index in [0.29, 0.717) is 25.3 Å². The molecule has 1 aromatic rings. The molecule has 17 heavy (non-hydrogen) atoms. The summed E-state index contributed by atoms with van der Waals surface area (Å²) in [5.41, 5.74) is 5.71. The van der Waals surface area contributed by atoms with E-state index in [0.717, 1.165) is 12.8 Å². The fourth-order valence-electron chi connectivity index (χ4n) is 2.08. The van der Waals surface area contributed by atoms with Crippen LogP contribution < -0.4 is 5.73 Å². The van der Waals surface area contributed by atoms with Gasteiger partial charge in [-0.2, -0.15) is 0 Å². The number of carbonyl (C=O) groups is 1. The van der Waals surface area contributed by atoms with Gasteiger partial charge in [-0.25, -0.2) is 0 Å². The molecule has 0 bridgehead atoms. The van der Waals surface area contributed by atoms with E-state index in [-0.39, 0.29) is 18.6 Å². The lowest BCUT2D eigenvalue weighted by molar-refractivity contribution is 0.0671. The van der Waals surface area contributed by atoms with Gasteiger partial charge >= 0.3 is 0 Å². The molecule has 1 saturated heterocycles. The van der Waals surface area contributed by atoms with Gasteiger partial charge in [-0.15, -0.1) is 5.10 Å². The monoisotopic (exact) mass is 239 g/mol. The van der Waals surface area contributed by atoms with E-state index in [2.05, 4.69) is 10.3 Å². The van der Waals surface area contributed by atoms with Gasteiger partial charge in [0.15, 0.2) is 5.69 Å². The van der Waals surface area contributed by atoms with Crippen LogP contribution in [0.15, 0.2) is 6.20 Å². The molecule has 7 heteroatoms. The maximum atomic E-state index is 12.1. The Morgan fingerprint density at radius 1 is 1.65 bits per heavy atom. The molecule has 0 radical (unpaired) electrons. The number of likely N-dealkylation sites (tertiary alicyclic amines) is 1. The van der Waals surface area contributed by atoms with Gasteiger partial charge in [-0.3, -0.25) is 9.48 Å². The van der Waals surface area contributed by atoms with E-state index < -0.39 is 0 Å². The molecule has 0 saturated carbocycles. The fraction of sp³-hybridized carbons (Fsp3) is 0.700. The van der Waals surface area contributed by atoms with Crippen LogP contribution in [-0.2, 0) is 6.54 Å². The van der Waals surface area contributed by atoms with Crippen LogP contribution in [0.2, 0.25) is 0 Å². The number of hydrogen-bond acceptors (Lipinski definition) is 5. The molecule has 7 nitrogen and oxygen atoms in total. The van der Waals surface area contributed by atoms with Gasteiger partial charge in [0.05, 0.1) is 25.4 Å². The molecular weight excluding hydrogens is 222 g/mol. The number of amides is 1. The summed E-state index contributed by atoms with van der Waals surface area (Å²) in [4.78, 5) is 13.8. The van der Waals surface area contributed by atoms with Gasteiger partial charge in [-0.05, 0) is 12.8 Å². The van der Waals surface area contributed by atoms with E-state index in [4.69, 9.17) is 5.73 Å². The minimum Gasteiger partial charge on any atom is -0.394 e. The summed E-state index contributed by atoms with van der Waals surface area (Å²) < 4.78 is 1.55. The molecular formula is C10H17N5O2. The van der Waals surface area contributed by atoms with Gasteiger partial charge in [0.2, 0.25) is 0 Å². The van der Waals surface area contributed by atoms with Gasteiger partial charge in [0.1, 0.15) is 0 Å². The Bertz CT molecular complexity index is 392. The summed E-state index contributed by atoms with van der Waals surface area (Å²) in [7, 11) is 0. The third-order valence-electron chi connectivity index (χ3n) is 2.96. The first-order valence-corrected chi connectivity index (χ1v) is 5.78. The van der Waals surface area contributed by atoms with Crippen molar-refractivity contribution in [2.45, 2.75) is 25.4 Å². The van der Waals surface area contributed by atoms with Crippen LogP contribution in [0.5, 0.6) is 0 Å². The van der Waals surface area contributed by atoms with Crippen molar-refractivity contribution in [3.63, 3.8) is 0 Å². The third-order valence-corrected chi connectivity index (χ3v) is 2.96. The predicted molar refractivity (Wildman–Crippen MR) is 60.2 cm³/mol. The highest BCUT2D eigenvalue weighted by Crippen LogP contribution is 2.18. The van der Waals surface area contributed by atoms with Gasteiger partial charge in [0.25, 0.3) is 5.91 Å². The number of aliphatic hydroxyl groups excluding tert-OH is 1. The summed E-state index contributed by atoms with van der Waals surface area (Å²) in [6, 6.07) is -0.0813. The Kier molecular flexibility index (Phi) is 3.70. The fourth-order valence-corrected chi connectivity index (χ4v) is 2.08. The summed E-state index contributed by atoms with van der Waals surface area (Å²) in [5.74, 6) is -0.162. The first-order valence-electron chi connectivity index (χ1n) is 5.78. The molecule has 1 atom stereocenters. The quantitative estimate of drug-likeness (QED) is 0.690. The highest BCUT2D eigenvalue weighted by atomic mass is 16.3. The molecule has 0 unspecified atom stereocenters. The molecule has 1 aromatic heterocycles. The normalized spacial score (nSPS) is 19.9. The minimum absolute atomic E-state index is 0.00266. The second-order valence-electron chi connectivity index (χ2n) is 4.13. The molecule has 1 amide bonds. The van der Waals surface area contributed by atoms with Crippen LogP contribution in [-0.4, -0.2) is 56.6 Å². The second-order valence-corrected chi connectivity index (χ2v) is 4.13. The van der Waals surface area contributed by atoms with Crippen LogP contribution in [0.4, 0.5) is 0 Å². The van der Waals surface area contributed by atoms with Crippen molar-refractivity contribution in [3.05, 3.63) is 11.9 Å². The van der Waals surface area contributed by atoms with E-state index in [1.165, 1.54) is 0 Å². The van der Waals surface area contributed by atoms with Crippen molar-refractivity contribution >= 4 is 5.91 Å². The molecule has 0 aliphatic carbocycles. The molecule has 0 spiro atoms. The maximum absolute atomic E-state index is 12.1. The molecule has 94 valence electrons. The molecule has 3 N–H and O–H groups in total. The van der Waals surface area contributed by atoms with E-state index >= 15 is 0 Å². The van der Waals surface area contributed by atoms with Crippen molar-refractivity contribution in [2.75, 3.05) is 19.7 Å². The Labute approximate surface area is 99.2 Å². The molecule has 1 aliphatic heterocycles. The number of aliphatic hydroxyl groups is 1. The van der Waals surface area contributed by atoms with Crippen molar-refractivity contribution in [2.24, 2.45) is 5.73 Å². The highest BCUT2D eigenvalue weighted by Gasteiger charge is 2.30. The number of carbonyl (C=O) groups excluding carboxylic acids is 1. The van der Waals surface area contributed by atoms with Crippen LogP contribution >= 0.6 is 0 Å². The zero-order valence-corrected chi connectivity index (χ0v) is 9.62. The van der Waals surface area contributed by atoms with E-state index in [1.54, 1.807) is 15.8 Å². The van der Waals surface area contributed by atoms with Gasteiger partial charge in [-0.1, -0.05) is 5.21 Å². The van der Waals surface area contributed by atoms with Crippen LogP contribution in [0.1, 0.15) is 23.3 Å². The summed E-state index contributed by atoms with van der Waals surface area (Å²) >= 11 is 0. The lowest BCUT2D eigenvalue weighted by Gasteiger charge is -2.21. The van der Waals surface area contributed by atoms with Crippen molar-refractivity contribution in [1.82, 2.24) is 19.9 Å². The molecule has 1 fully saturated rings. The number of hydrogen-bond donors (Lipinski definition) is 2. The number of aromatic nitrogens is 3. The minimum atomic E-state index is -0.162. The Morgan fingerprint density at radius 3 is 3.18 bits per heavy atom. The van der Waals surface area contributed by atoms with Gasteiger partial charge < -0.3 is 15.7 Å². The number of nitrogens with two attached hydrogens (primary N) is 1. The summed E-state index contributed by atoms with van der Waals surface area (Å²) in [6.45, 7) is 1.68. The molecule has 2 heterocycles. The predicted octanol–water partition coefficient (Wildman–Crippen LogP) is -1.17. The van der Waals surface area contributed by atoms with Crippen LogP contribution in [0.3, 0.4) is 0 Å². The molecule has 2 rings (SSSR count). The largest absolute Gasteiger partial charge is 0.394 e. The SMILES string of the molecule is NCCn1cc(C(=O)N2CCC[C@@H]2CO)nn1. The zero-order chi connectivity index (χ0) is 12.3. The van der Waals surface area contributed by atoms with Gasteiger partial charge in [0, 0.05) is 13.1 Å². The van der Waals surface area contributed by atoms with Crippen molar-refractivity contribution < 1.29 is 9.90 Å². The Morgan fingerprint density at radius 2 is 2.47 bits per heavy atom. The average molecular weight is 239 g/mol. The average Bonchev–Trinajstić information content (AvgIpc) is 2.96. The first kappa shape index (κ1) is 12.0.